The van der Waals surface area contributed by atoms with E-state index < -0.39 is 17.8 Å². The second-order valence-corrected chi connectivity index (χ2v) is 7.16. The van der Waals surface area contributed by atoms with Gasteiger partial charge in [-0.1, -0.05) is 41.5 Å². The van der Waals surface area contributed by atoms with E-state index in [0.29, 0.717) is 6.54 Å². The average Bonchev–Trinajstić information content (AvgIpc) is 3.11. The molecule has 0 saturated heterocycles. The minimum atomic E-state index is -0.829. The van der Waals surface area contributed by atoms with Crippen molar-refractivity contribution < 1.29 is 14.7 Å². The molecule has 0 aromatic heterocycles. The van der Waals surface area contributed by atoms with Crippen LogP contribution in [0.3, 0.4) is 0 Å². The fourth-order valence-electron chi connectivity index (χ4n) is 4.70. The highest BCUT2D eigenvalue weighted by atomic mass is 16.4. The Morgan fingerprint density at radius 1 is 1.08 bits per heavy atom. The van der Waals surface area contributed by atoms with E-state index in [2.05, 4.69) is 5.32 Å². The van der Waals surface area contributed by atoms with Crippen molar-refractivity contribution in [1.82, 2.24) is 5.32 Å². The number of carboxylic acids is 1. The third-order valence-electron chi connectivity index (χ3n) is 5.56. The van der Waals surface area contributed by atoms with Crippen LogP contribution in [0.5, 0.6) is 0 Å². The summed E-state index contributed by atoms with van der Waals surface area (Å²) >= 11 is 0. The summed E-state index contributed by atoms with van der Waals surface area (Å²) in [6.07, 6.45) is 2.60. The predicted octanol–water partition coefficient (Wildman–Crippen LogP) is 3.04. The molecule has 1 amide bonds. The zero-order valence-corrected chi connectivity index (χ0v) is 14.3. The van der Waals surface area contributed by atoms with Crippen LogP contribution in [-0.2, 0) is 16.0 Å². The van der Waals surface area contributed by atoms with Gasteiger partial charge >= 0.3 is 5.97 Å². The summed E-state index contributed by atoms with van der Waals surface area (Å²) in [6, 6.07) is 10.00. The molecule has 2 fully saturated rings. The summed E-state index contributed by atoms with van der Waals surface area (Å²) in [4.78, 5) is 24.5. The molecule has 3 rings (SSSR count). The molecule has 0 spiro atoms. The molecule has 0 unspecified atom stereocenters. The first-order valence-corrected chi connectivity index (χ1v) is 8.72. The number of carbonyl (C=O) groups excluding carboxylic acids is 1. The van der Waals surface area contributed by atoms with Crippen molar-refractivity contribution in [2.24, 2.45) is 23.7 Å². The van der Waals surface area contributed by atoms with Crippen molar-refractivity contribution in [2.45, 2.75) is 33.1 Å². The SMILES string of the molecule is CC(C)=C1[C@H]2CC[C@@H]1[C@H](C(=O)O)[C@@H]2C(=O)NCCc1ccccc1. The zero-order valence-electron chi connectivity index (χ0n) is 14.3. The number of carbonyl (C=O) groups is 2. The molecule has 0 heterocycles. The lowest BCUT2D eigenvalue weighted by Gasteiger charge is -2.26. The maximum absolute atomic E-state index is 12.7. The minimum Gasteiger partial charge on any atom is -0.481 e. The summed E-state index contributed by atoms with van der Waals surface area (Å²) < 4.78 is 0. The van der Waals surface area contributed by atoms with E-state index in [-0.39, 0.29) is 17.7 Å². The number of hydrogen-bond acceptors (Lipinski definition) is 2. The largest absolute Gasteiger partial charge is 0.481 e. The molecule has 0 aliphatic heterocycles. The van der Waals surface area contributed by atoms with Crippen LogP contribution in [0.1, 0.15) is 32.3 Å². The second-order valence-electron chi connectivity index (χ2n) is 7.16. The van der Waals surface area contributed by atoms with E-state index in [1.807, 2.05) is 44.2 Å². The van der Waals surface area contributed by atoms with E-state index in [1.165, 1.54) is 16.7 Å². The van der Waals surface area contributed by atoms with E-state index in [1.54, 1.807) is 0 Å². The quantitative estimate of drug-likeness (QED) is 0.817. The van der Waals surface area contributed by atoms with Crippen LogP contribution < -0.4 is 5.32 Å². The fraction of sp³-hybridized carbons (Fsp3) is 0.500. The van der Waals surface area contributed by atoms with E-state index in [4.69, 9.17) is 0 Å². The molecule has 2 saturated carbocycles. The van der Waals surface area contributed by atoms with Crippen LogP contribution in [-0.4, -0.2) is 23.5 Å². The number of rotatable bonds is 5. The third-order valence-corrected chi connectivity index (χ3v) is 5.56. The van der Waals surface area contributed by atoms with Crippen LogP contribution in [0.2, 0.25) is 0 Å². The molecule has 24 heavy (non-hydrogen) atoms. The standard InChI is InChI=1S/C20H25NO3/c1-12(2)16-14-8-9-15(16)18(20(23)24)17(14)19(22)21-11-10-13-6-4-3-5-7-13/h3-7,14-15,17-18H,8-11H2,1-2H3,(H,21,22)(H,23,24)/t14-,15+,17-,18+/m1/s1. The summed E-state index contributed by atoms with van der Waals surface area (Å²) in [5, 5.41) is 12.6. The smallest absolute Gasteiger partial charge is 0.307 e. The van der Waals surface area contributed by atoms with Gasteiger partial charge in [0, 0.05) is 6.54 Å². The Morgan fingerprint density at radius 3 is 2.29 bits per heavy atom. The first-order chi connectivity index (χ1) is 11.5. The van der Waals surface area contributed by atoms with E-state index >= 15 is 0 Å². The monoisotopic (exact) mass is 327 g/mol. The summed E-state index contributed by atoms with van der Waals surface area (Å²) in [5.74, 6) is -1.75. The van der Waals surface area contributed by atoms with Crippen molar-refractivity contribution in [3.05, 3.63) is 47.0 Å². The number of hydrogen-bond donors (Lipinski definition) is 2. The van der Waals surface area contributed by atoms with Crippen molar-refractivity contribution in [3.8, 4) is 0 Å². The van der Waals surface area contributed by atoms with Gasteiger partial charge in [0.2, 0.25) is 5.91 Å². The number of nitrogens with one attached hydrogen (secondary N) is 1. The van der Waals surface area contributed by atoms with Crippen molar-refractivity contribution in [1.29, 1.82) is 0 Å². The molecule has 4 atom stereocenters. The van der Waals surface area contributed by atoms with E-state index in [0.717, 1.165) is 19.3 Å². The van der Waals surface area contributed by atoms with Gasteiger partial charge in [-0.05, 0) is 50.5 Å². The molecule has 2 aliphatic carbocycles. The molecule has 4 heteroatoms. The van der Waals surface area contributed by atoms with Gasteiger partial charge in [0.15, 0.2) is 0 Å². The summed E-state index contributed by atoms with van der Waals surface area (Å²) in [6.45, 7) is 4.62. The molecular weight excluding hydrogens is 302 g/mol. The van der Waals surface area contributed by atoms with Gasteiger partial charge in [-0.15, -0.1) is 0 Å². The number of benzene rings is 1. The normalized spacial score (nSPS) is 28.0. The van der Waals surface area contributed by atoms with E-state index in [9.17, 15) is 14.7 Å². The van der Waals surface area contributed by atoms with Gasteiger partial charge < -0.3 is 10.4 Å². The van der Waals surface area contributed by atoms with Crippen LogP contribution in [0.25, 0.3) is 0 Å². The number of allylic oxidation sites excluding steroid dienone is 2. The van der Waals surface area contributed by atoms with Gasteiger partial charge in [0.25, 0.3) is 0 Å². The van der Waals surface area contributed by atoms with Gasteiger partial charge in [0.1, 0.15) is 0 Å². The minimum absolute atomic E-state index is 0.0439. The Hall–Kier alpha value is -2.10. The number of aliphatic carboxylic acids is 1. The molecular formula is C20H25NO3. The van der Waals surface area contributed by atoms with Crippen LogP contribution >= 0.6 is 0 Å². The van der Waals surface area contributed by atoms with Crippen LogP contribution in [0.4, 0.5) is 0 Å². The lowest BCUT2D eigenvalue weighted by molar-refractivity contribution is -0.149. The molecule has 1 aromatic carbocycles. The first kappa shape index (κ1) is 16.7. The summed E-state index contributed by atoms with van der Waals surface area (Å²) in [5.41, 5.74) is 3.59. The molecule has 2 bridgehead atoms. The second kappa shape index (κ2) is 6.80. The van der Waals surface area contributed by atoms with Crippen molar-refractivity contribution in [2.75, 3.05) is 6.54 Å². The lowest BCUT2D eigenvalue weighted by atomic mass is 9.78. The van der Waals surface area contributed by atoms with Crippen molar-refractivity contribution in [3.63, 3.8) is 0 Å². The van der Waals surface area contributed by atoms with Gasteiger partial charge in [-0.25, -0.2) is 0 Å². The zero-order chi connectivity index (χ0) is 17.3. The van der Waals surface area contributed by atoms with Gasteiger partial charge in [0.05, 0.1) is 11.8 Å². The highest BCUT2D eigenvalue weighted by molar-refractivity contribution is 5.87. The topological polar surface area (TPSA) is 66.4 Å². The summed E-state index contributed by atoms with van der Waals surface area (Å²) in [7, 11) is 0. The number of carboxylic acid groups (broad SMARTS) is 1. The maximum atomic E-state index is 12.7. The lowest BCUT2D eigenvalue weighted by Crippen LogP contribution is -2.41. The Morgan fingerprint density at radius 2 is 1.71 bits per heavy atom. The third kappa shape index (κ3) is 2.97. The molecule has 2 N–H and O–H groups in total. The molecule has 0 radical (unpaired) electrons. The van der Waals surface area contributed by atoms with Crippen LogP contribution in [0.15, 0.2) is 41.5 Å². The predicted molar refractivity (Wildman–Crippen MR) is 92.4 cm³/mol. The van der Waals surface area contributed by atoms with Crippen molar-refractivity contribution >= 4 is 11.9 Å². The highest BCUT2D eigenvalue weighted by Crippen LogP contribution is 2.57. The van der Waals surface area contributed by atoms with Crippen LogP contribution in [0, 0.1) is 23.7 Å². The molecule has 1 aromatic rings. The average molecular weight is 327 g/mol. The highest BCUT2D eigenvalue weighted by Gasteiger charge is 2.57. The van der Waals surface area contributed by atoms with Gasteiger partial charge in [-0.2, -0.15) is 0 Å². The Labute approximate surface area is 143 Å². The molecule has 2 aliphatic rings. The molecule has 4 nitrogen and oxygen atoms in total. The Bertz CT molecular complexity index is 661. The number of fused-ring (bicyclic) bond motifs is 2. The fourth-order valence-corrected chi connectivity index (χ4v) is 4.70. The first-order valence-electron chi connectivity index (χ1n) is 8.72. The maximum Gasteiger partial charge on any atom is 0.307 e. The van der Waals surface area contributed by atoms with Gasteiger partial charge in [-0.3, -0.25) is 9.59 Å². The Kier molecular flexibility index (Phi) is 4.74. The number of amides is 1. The molecule has 128 valence electrons. The Balaban J connectivity index is 1.69.